The minimum Gasteiger partial charge on any atom is -0.512 e. The van der Waals surface area contributed by atoms with E-state index in [-0.39, 0.29) is 22.5 Å². The first-order valence-corrected chi connectivity index (χ1v) is 4.93. The minimum absolute atomic E-state index is 0.0522. The monoisotopic (exact) mass is 238 g/mol. The number of aliphatic hydroxyl groups is 1. The quantitative estimate of drug-likeness (QED) is 0.581. The van der Waals surface area contributed by atoms with Crippen molar-refractivity contribution in [3.63, 3.8) is 0 Å². The molecule has 0 heterocycles. The second kappa shape index (κ2) is 4.86. The molecule has 1 rings (SSSR count). The maximum atomic E-state index is 11.6. The molecule has 0 saturated heterocycles. The molecule has 0 aromatic rings. The number of esters is 2. The summed E-state index contributed by atoms with van der Waals surface area (Å²) in [6, 6.07) is 0. The largest absolute Gasteiger partial charge is 0.512 e. The number of rotatable bonds is 2. The first-order chi connectivity index (χ1) is 7.93. The highest BCUT2D eigenvalue weighted by Crippen LogP contribution is 2.33. The number of hydrogen-bond acceptors (Lipinski definition) is 5. The molecule has 0 atom stereocenters. The van der Waals surface area contributed by atoms with Crippen molar-refractivity contribution < 1.29 is 24.2 Å². The molecule has 1 aliphatic rings. The summed E-state index contributed by atoms with van der Waals surface area (Å²) in [5, 5.41) is 9.50. The van der Waals surface area contributed by atoms with E-state index in [2.05, 4.69) is 9.47 Å². The van der Waals surface area contributed by atoms with Crippen molar-refractivity contribution in [1.29, 1.82) is 0 Å². The number of aliphatic hydroxyl groups excluding tert-OH is 1. The van der Waals surface area contributed by atoms with E-state index in [1.165, 1.54) is 27.2 Å². The number of ether oxygens (including phenoxy) is 2. The highest BCUT2D eigenvalue weighted by atomic mass is 16.5. The van der Waals surface area contributed by atoms with E-state index in [4.69, 9.17) is 0 Å². The third kappa shape index (κ3) is 2.22. The fourth-order valence-corrected chi connectivity index (χ4v) is 1.63. The maximum absolute atomic E-state index is 11.6. The van der Waals surface area contributed by atoms with Crippen molar-refractivity contribution >= 4 is 11.9 Å². The van der Waals surface area contributed by atoms with Crippen LogP contribution in [-0.2, 0) is 19.1 Å². The molecule has 92 valence electrons. The molecule has 5 nitrogen and oxygen atoms in total. The fraction of sp³-hybridized carbons (Fsp3) is 0.333. The highest BCUT2D eigenvalue weighted by Gasteiger charge is 2.30. The first-order valence-electron chi connectivity index (χ1n) is 4.93. The van der Waals surface area contributed by atoms with E-state index in [9.17, 15) is 14.7 Å². The van der Waals surface area contributed by atoms with Crippen LogP contribution < -0.4 is 0 Å². The zero-order valence-electron chi connectivity index (χ0n) is 10.2. The van der Waals surface area contributed by atoms with Crippen LogP contribution >= 0.6 is 0 Å². The van der Waals surface area contributed by atoms with Gasteiger partial charge in [0.2, 0.25) is 0 Å². The van der Waals surface area contributed by atoms with Gasteiger partial charge in [-0.3, -0.25) is 0 Å². The summed E-state index contributed by atoms with van der Waals surface area (Å²) in [7, 11) is 2.49. The third-order valence-electron chi connectivity index (χ3n) is 2.52. The summed E-state index contributed by atoms with van der Waals surface area (Å²) in [6.45, 7) is 3.03. The van der Waals surface area contributed by atoms with E-state index in [0.717, 1.165) is 0 Å². The van der Waals surface area contributed by atoms with Crippen LogP contribution in [0, 0.1) is 0 Å². The molecule has 0 aromatic carbocycles. The zero-order chi connectivity index (χ0) is 13.2. The second-order valence-corrected chi connectivity index (χ2v) is 3.54. The van der Waals surface area contributed by atoms with E-state index >= 15 is 0 Å². The molecule has 0 amide bonds. The number of carbonyl (C=O) groups is 2. The highest BCUT2D eigenvalue weighted by molar-refractivity contribution is 6.05. The summed E-state index contributed by atoms with van der Waals surface area (Å²) >= 11 is 0. The predicted octanol–water partition coefficient (Wildman–Crippen LogP) is 1.42. The predicted molar refractivity (Wildman–Crippen MR) is 60.1 cm³/mol. The molecular weight excluding hydrogens is 224 g/mol. The lowest BCUT2D eigenvalue weighted by molar-refractivity contribution is -0.136. The Morgan fingerprint density at radius 1 is 1.18 bits per heavy atom. The summed E-state index contributed by atoms with van der Waals surface area (Å²) in [5.74, 6) is -1.20. The fourth-order valence-electron chi connectivity index (χ4n) is 1.63. The maximum Gasteiger partial charge on any atom is 0.338 e. The minimum atomic E-state index is -0.596. The lowest BCUT2D eigenvalue weighted by Gasteiger charge is -2.05. The molecule has 1 aliphatic carbocycles. The molecule has 17 heavy (non-hydrogen) atoms. The molecule has 0 aromatic heterocycles. The molecule has 5 heteroatoms. The van der Waals surface area contributed by atoms with Gasteiger partial charge in [-0.1, -0.05) is 0 Å². The molecule has 0 spiro atoms. The summed E-state index contributed by atoms with van der Waals surface area (Å²) in [6.07, 6.45) is 1.42. The normalized spacial score (nSPS) is 17.8. The van der Waals surface area contributed by atoms with E-state index in [0.29, 0.717) is 5.57 Å². The van der Waals surface area contributed by atoms with E-state index < -0.39 is 11.9 Å². The van der Waals surface area contributed by atoms with Gasteiger partial charge < -0.3 is 14.6 Å². The van der Waals surface area contributed by atoms with Crippen LogP contribution in [0.1, 0.15) is 13.8 Å². The Balaban J connectivity index is 3.37. The lowest BCUT2D eigenvalue weighted by Crippen LogP contribution is -2.09. The molecule has 0 fully saturated rings. The van der Waals surface area contributed by atoms with Gasteiger partial charge in [-0.05, 0) is 25.5 Å². The second-order valence-electron chi connectivity index (χ2n) is 3.54. The Hall–Kier alpha value is -2.04. The average Bonchev–Trinajstić information content (AvgIpc) is 2.65. The average molecular weight is 238 g/mol. The molecule has 0 unspecified atom stereocenters. The van der Waals surface area contributed by atoms with Crippen molar-refractivity contribution in [1.82, 2.24) is 0 Å². The molecule has 0 aliphatic heterocycles. The SMILES string of the molecule is COC(=O)C1=C/C(=C(/C)O)C(C(=O)OC)=C1C. The Morgan fingerprint density at radius 2 is 1.71 bits per heavy atom. The van der Waals surface area contributed by atoms with Gasteiger partial charge in [0, 0.05) is 5.57 Å². The lowest BCUT2D eigenvalue weighted by atomic mass is 10.1. The van der Waals surface area contributed by atoms with Crippen LogP contribution in [0.15, 0.2) is 34.1 Å². The summed E-state index contributed by atoms with van der Waals surface area (Å²) < 4.78 is 9.22. The van der Waals surface area contributed by atoms with Crippen molar-refractivity contribution in [2.45, 2.75) is 13.8 Å². The van der Waals surface area contributed by atoms with Gasteiger partial charge in [0.15, 0.2) is 0 Å². The van der Waals surface area contributed by atoms with Crippen molar-refractivity contribution in [3.8, 4) is 0 Å². The van der Waals surface area contributed by atoms with Crippen LogP contribution in [0.4, 0.5) is 0 Å². The van der Waals surface area contributed by atoms with Crippen LogP contribution in [-0.4, -0.2) is 31.3 Å². The molecule has 0 saturated carbocycles. The van der Waals surface area contributed by atoms with Gasteiger partial charge in [-0.25, -0.2) is 9.59 Å². The van der Waals surface area contributed by atoms with Gasteiger partial charge in [-0.2, -0.15) is 0 Å². The van der Waals surface area contributed by atoms with Gasteiger partial charge in [0.05, 0.1) is 31.1 Å². The van der Waals surface area contributed by atoms with Crippen molar-refractivity contribution in [3.05, 3.63) is 34.1 Å². The summed E-state index contributed by atoms with van der Waals surface area (Å²) in [5.41, 5.74) is 1.16. The standard InChI is InChI=1S/C12H14O5/c1-6-8(11(14)16-3)5-9(7(2)13)10(6)12(15)17-4/h5,13H,1-4H3/b9-7+. The Labute approximate surface area is 99.0 Å². The summed E-state index contributed by atoms with van der Waals surface area (Å²) in [4.78, 5) is 23.1. The Kier molecular flexibility index (Phi) is 3.73. The van der Waals surface area contributed by atoms with E-state index in [1.54, 1.807) is 6.92 Å². The number of allylic oxidation sites excluding steroid dienone is 2. The van der Waals surface area contributed by atoms with Crippen LogP contribution in [0.25, 0.3) is 0 Å². The number of hydrogen-bond donors (Lipinski definition) is 1. The van der Waals surface area contributed by atoms with Crippen LogP contribution in [0.5, 0.6) is 0 Å². The molecule has 0 radical (unpaired) electrons. The van der Waals surface area contributed by atoms with Gasteiger partial charge in [0.25, 0.3) is 0 Å². The number of carbonyl (C=O) groups excluding carboxylic acids is 2. The first kappa shape index (κ1) is 13.0. The van der Waals surface area contributed by atoms with Crippen molar-refractivity contribution in [2.75, 3.05) is 14.2 Å². The third-order valence-corrected chi connectivity index (χ3v) is 2.52. The van der Waals surface area contributed by atoms with Gasteiger partial charge >= 0.3 is 11.9 Å². The topological polar surface area (TPSA) is 72.8 Å². The smallest absolute Gasteiger partial charge is 0.338 e. The van der Waals surface area contributed by atoms with Gasteiger partial charge in [-0.15, -0.1) is 0 Å². The molecular formula is C12H14O5. The Morgan fingerprint density at radius 3 is 2.12 bits per heavy atom. The molecule has 0 bridgehead atoms. The number of methoxy groups -OCH3 is 2. The van der Waals surface area contributed by atoms with Crippen LogP contribution in [0.3, 0.4) is 0 Å². The van der Waals surface area contributed by atoms with Crippen molar-refractivity contribution in [2.24, 2.45) is 0 Å². The molecule has 1 N–H and O–H groups in total. The zero-order valence-corrected chi connectivity index (χ0v) is 10.2. The van der Waals surface area contributed by atoms with E-state index in [1.807, 2.05) is 0 Å². The van der Waals surface area contributed by atoms with Crippen LogP contribution in [0.2, 0.25) is 0 Å². The Bertz CT molecular complexity index is 461. The van der Waals surface area contributed by atoms with Gasteiger partial charge in [0.1, 0.15) is 0 Å².